The minimum atomic E-state index is -3.00. The normalized spacial score (nSPS) is 19.0. The summed E-state index contributed by atoms with van der Waals surface area (Å²) in [5.41, 5.74) is -2.23. The summed E-state index contributed by atoms with van der Waals surface area (Å²) in [5.74, 6) is -2.06. The first-order chi connectivity index (χ1) is 16.7. The highest BCUT2D eigenvalue weighted by molar-refractivity contribution is 5.83. The molecule has 0 radical (unpaired) electrons. The molecule has 0 bridgehead atoms. The number of aryl methyl sites for hydroxylation is 1. The van der Waals surface area contributed by atoms with Gasteiger partial charge in [0.05, 0.1) is 41.6 Å². The lowest BCUT2D eigenvalue weighted by molar-refractivity contribution is -0.127. The fourth-order valence-corrected chi connectivity index (χ4v) is 3.91. The molecule has 1 aromatic heterocycles. The molecule has 2 aromatic rings. The van der Waals surface area contributed by atoms with Crippen LogP contribution >= 0.6 is 0 Å². The number of rotatable bonds is 9. The van der Waals surface area contributed by atoms with Crippen LogP contribution in [0.1, 0.15) is 72.9 Å². The van der Waals surface area contributed by atoms with Gasteiger partial charge in [-0.2, -0.15) is 0 Å². The van der Waals surface area contributed by atoms with E-state index in [4.69, 9.17) is 9.47 Å². The maximum atomic E-state index is 15.5. The third-order valence-corrected chi connectivity index (χ3v) is 6.03. The molecule has 1 amide bonds. The van der Waals surface area contributed by atoms with Gasteiger partial charge in [-0.25, -0.2) is 31.9 Å². The third kappa shape index (κ3) is 5.22. The van der Waals surface area contributed by atoms with E-state index in [1.54, 1.807) is 0 Å². The van der Waals surface area contributed by atoms with Crippen LogP contribution in [0.5, 0.6) is 0 Å². The number of aromatic nitrogens is 2. The molecule has 190 valence electrons. The van der Waals surface area contributed by atoms with Crippen molar-refractivity contribution in [2.45, 2.75) is 57.2 Å². The smallest absolute Gasteiger partial charge is 0.266 e. The Labute approximate surface area is 198 Å². The van der Waals surface area contributed by atoms with Crippen LogP contribution < -0.4 is 10.6 Å². The Morgan fingerprint density at radius 2 is 1.83 bits per heavy atom. The van der Waals surface area contributed by atoms with Crippen molar-refractivity contribution in [2.24, 2.45) is 0 Å². The van der Waals surface area contributed by atoms with Crippen molar-refractivity contribution in [1.29, 1.82) is 0 Å². The second kappa shape index (κ2) is 10.0. The van der Waals surface area contributed by atoms with Gasteiger partial charge < -0.3 is 20.1 Å². The number of amides is 1. The molecule has 12 heteroatoms. The summed E-state index contributed by atoms with van der Waals surface area (Å²) in [4.78, 5) is 21.0. The van der Waals surface area contributed by atoms with Crippen molar-refractivity contribution in [2.75, 3.05) is 25.2 Å². The zero-order valence-electron chi connectivity index (χ0n) is 19.1. The number of carbonyl (C=O) groups is 1. The Balaban J connectivity index is 1.70. The summed E-state index contributed by atoms with van der Waals surface area (Å²) in [5, 5.41) is 5.29. The maximum Gasteiger partial charge on any atom is 0.266 e. The number of nitrogens with zero attached hydrogens (tertiary/aromatic N) is 2. The lowest BCUT2D eigenvalue weighted by Crippen LogP contribution is -2.41. The van der Waals surface area contributed by atoms with Crippen molar-refractivity contribution >= 4 is 11.7 Å². The third-order valence-electron chi connectivity index (χ3n) is 6.03. The number of benzene rings is 1. The van der Waals surface area contributed by atoms with Gasteiger partial charge in [0.2, 0.25) is 6.17 Å². The minimum absolute atomic E-state index is 0.00386. The molecule has 1 saturated heterocycles. The highest BCUT2D eigenvalue weighted by Gasteiger charge is 2.46. The van der Waals surface area contributed by atoms with Gasteiger partial charge in [0.25, 0.3) is 12.3 Å². The van der Waals surface area contributed by atoms with Crippen molar-refractivity contribution in [3.05, 3.63) is 52.2 Å². The van der Waals surface area contributed by atoms with Crippen LogP contribution in [-0.4, -0.2) is 41.3 Å². The molecule has 2 N–H and O–H groups in total. The van der Waals surface area contributed by atoms with Crippen LogP contribution in [0.2, 0.25) is 0 Å². The second-order valence-electron chi connectivity index (χ2n) is 8.67. The van der Waals surface area contributed by atoms with Crippen molar-refractivity contribution in [1.82, 2.24) is 15.3 Å². The van der Waals surface area contributed by atoms with Gasteiger partial charge in [-0.3, -0.25) is 4.79 Å². The van der Waals surface area contributed by atoms with Crippen molar-refractivity contribution < 1.29 is 36.2 Å². The van der Waals surface area contributed by atoms with Gasteiger partial charge in [-0.15, -0.1) is 0 Å². The Bertz CT molecular complexity index is 1090. The van der Waals surface area contributed by atoms with E-state index < -0.39 is 54.4 Å². The van der Waals surface area contributed by atoms with Crippen molar-refractivity contribution in [3.8, 4) is 0 Å². The Morgan fingerprint density at radius 1 is 1.17 bits per heavy atom. The van der Waals surface area contributed by atoms with Crippen LogP contribution in [0.25, 0.3) is 0 Å². The molecule has 1 saturated carbocycles. The Morgan fingerprint density at radius 3 is 2.43 bits per heavy atom. The SMILES string of the molecule is Cc1nc(N[C@H](C)c2cccc(C(F)F)c2F)c(C2OCCO2)c(C(F)C(=O)NC2(CF)CC2)n1. The van der Waals surface area contributed by atoms with E-state index in [1.165, 1.54) is 26.0 Å². The molecule has 2 fully saturated rings. The zero-order chi connectivity index (χ0) is 25.3. The predicted molar refractivity (Wildman–Crippen MR) is 115 cm³/mol. The first kappa shape index (κ1) is 25.2. The molecule has 7 nitrogen and oxygen atoms in total. The number of hydrogen-bond acceptors (Lipinski definition) is 6. The van der Waals surface area contributed by atoms with E-state index in [-0.39, 0.29) is 41.7 Å². The van der Waals surface area contributed by atoms with Gasteiger partial charge in [0.15, 0.2) is 6.29 Å². The fraction of sp³-hybridized carbons (Fsp3) is 0.522. The zero-order valence-corrected chi connectivity index (χ0v) is 19.1. The molecule has 0 spiro atoms. The molecular weight excluding hydrogens is 475 g/mol. The highest BCUT2D eigenvalue weighted by atomic mass is 19.3. The van der Waals surface area contributed by atoms with Gasteiger partial charge >= 0.3 is 0 Å². The number of nitrogens with one attached hydrogen (secondary N) is 2. The van der Waals surface area contributed by atoms with Crippen molar-refractivity contribution in [3.63, 3.8) is 0 Å². The molecule has 1 unspecified atom stereocenters. The van der Waals surface area contributed by atoms with Crippen LogP contribution in [0.3, 0.4) is 0 Å². The quantitative estimate of drug-likeness (QED) is 0.486. The van der Waals surface area contributed by atoms with Gasteiger partial charge in [-0.1, -0.05) is 18.2 Å². The first-order valence-corrected chi connectivity index (χ1v) is 11.1. The number of halogens is 5. The van der Waals surface area contributed by atoms with E-state index >= 15 is 4.39 Å². The molecule has 2 heterocycles. The molecule has 1 aliphatic heterocycles. The predicted octanol–water partition coefficient (Wildman–Crippen LogP) is 4.71. The monoisotopic (exact) mass is 500 g/mol. The van der Waals surface area contributed by atoms with E-state index in [0.717, 1.165) is 6.07 Å². The molecule has 4 rings (SSSR count). The molecule has 1 aliphatic carbocycles. The first-order valence-electron chi connectivity index (χ1n) is 11.1. The minimum Gasteiger partial charge on any atom is -0.363 e. The summed E-state index contributed by atoms with van der Waals surface area (Å²) in [6.45, 7) is 2.54. The highest BCUT2D eigenvalue weighted by Crippen LogP contribution is 2.39. The van der Waals surface area contributed by atoms with E-state index in [1.807, 2.05) is 0 Å². The number of anilines is 1. The lowest BCUT2D eigenvalue weighted by atomic mass is 10.0. The Hall–Kier alpha value is -2.86. The molecule has 2 aliphatic rings. The van der Waals surface area contributed by atoms with Crippen LogP contribution in [0.4, 0.5) is 27.8 Å². The van der Waals surface area contributed by atoms with E-state index in [2.05, 4.69) is 20.6 Å². The molecule has 2 atom stereocenters. The van der Waals surface area contributed by atoms with Gasteiger partial charge in [-0.05, 0) is 26.7 Å². The molecule has 1 aromatic carbocycles. The average Bonchev–Trinajstić information content (AvgIpc) is 3.38. The summed E-state index contributed by atoms with van der Waals surface area (Å²) >= 11 is 0. The largest absolute Gasteiger partial charge is 0.363 e. The number of carbonyl (C=O) groups excluding carboxylic acids is 1. The summed E-state index contributed by atoms with van der Waals surface area (Å²) in [7, 11) is 0. The number of hydrogen-bond donors (Lipinski definition) is 2. The lowest BCUT2D eigenvalue weighted by Gasteiger charge is -2.24. The summed E-state index contributed by atoms with van der Waals surface area (Å²) in [6, 6.07) is 2.75. The van der Waals surface area contributed by atoms with Crippen LogP contribution in [0.15, 0.2) is 18.2 Å². The maximum absolute atomic E-state index is 15.5. The summed E-state index contributed by atoms with van der Waals surface area (Å²) < 4.78 is 80.8. The topological polar surface area (TPSA) is 85.4 Å². The molecular formula is C23H25F5N4O3. The second-order valence-corrected chi connectivity index (χ2v) is 8.67. The average molecular weight is 500 g/mol. The molecule has 35 heavy (non-hydrogen) atoms. The van der Waals surface area contributed by atoms with Gasteiger partial charge in [0.1, 0.15) is 24.1 Å². The number of ether oxygens (including phenoxy) is 2. The van der Waals surface area contributed by atoms with Crippen LogP contribution in [-0.2, 0) is 14.3 Å². The van der Waals surface area contributed by atoms with Gasteiger partial charge in [0, 0.05) is 5.56 Å². The number of alkyl halides is 4. The van der Waals surface area contributed by atoms with E-state index in [9.17, 15) is 22.4 Å². The fourth-order valence-electron chi connectivity index (χ4n) is 3.91. The summed E-state index contributed by atoms with van der Waals surface area (Å²) in [6.07, 6.45) is -5.62. The Kier molecular flexibility index (Phi) is 7.22. The van der Waals surface area contributed by atoms with Crippen LogP contribution in [0, 0.1) is 12.7 Å². The standard InChI is InChI=1S/C23H25F5N4O3/c1-11(13-4-3-5-14(16(13)25)19(27)28)29-20-15(22-34-8-9-35-22)18(30-12(2)31-20)17(26)21(33)32-23(10-24)6-7-23/h3-5,11,17,19,22H,6-10H2,1-2H3,(H,32,33)(H,29,30,31)/t11-,17?/m1/s1. The van der Waals surface area contributed by atoms with E-state index in [0.29, 0.717) is 12.8 Å².